The van der Waals surface area contributed by atoms with Gasteiger partial charge in [-0.2, -0.15) is 8.87 Å². The average Bonchev–Trinajstić information content (AvgIpc) is 3.23. The van der Waals surface area contributed by atoms with Crippen LogP contribution in [0.1, 0.15) is 43.1 Å². The lowest BCUT2D eigenvalue weighted by atomic mass is 10.2. The van der Waals surface area contributed by atoms with E-state index in [4.69, 9.17) is 0 Å². The molecule has 2 aromatic rings. The van der Waals surface area contributed by atoms with Crippen molar-refractivity contribution < 1.29 is 22.6 Å². The van der Waals surface area contributed by atoms with Gasteiger partial charge in [-0.3, -0.25) is 9.59 Å². The third kappa shape index (κ3) is 4.28. The highest BCUT2D eigenvalue weighted by Crippen LogP contribution is 2.22. The predicted octanol–water partition coefficient (Wildman–Crippen LogP) is 2.16. The van der Waals surface area contributed by atoms with Crippen molar-refractivity contribution in [3.05, 3.63) is 54.4 Å². The molecule has 0 spiro atoms. The van der Waals surface area contributed by atoms with Gasteiger partial charge in [0.2, 0.25) is 16.1 Å². The minimum Gasteiger partial charge on any atom is -0.320 e. The Morgan fingerprint density at radius 3 is 2.36 bits per heavy atom. The second-order valence-electron chi connectivity index (χ2n) is 6.90. The van der Waals surface area contributed by atoms with Crippen LogP contribution in [0, 0.1) is 0 Å². The van der Waals surface area contributed by atoms with Gasteiger partial charge in [-0.1, -0.05) is 0 Å². The van der Waals surface area contributed by atoms with Crippen molar-refractivity contribution in [1.29, 1.82) is 0 Å². The fourth-order valence-electron chi connectivity index (χ4n) is 3.11. The summed E-state index contributed by atoms with van der Waals surface area (Å²) < 4.78 is 28.3. The van der Waals surface area contributed by atoms with Crippen molar-refractivity contribution in [1.82, 2.24) is 4.31 Å². The predicted molar refractivity (Wildman–Crippen MR) is 104 cm³/mol. The van der Waals surface area contributed by atoms with E-state index in [-0.39, 0.29) is 16.6 Å². The van der Waals surface area contributed by atoms with Crippen molar-refractivity contribution >= 4 is 27.4 Å². The molecule has 1 saturated heterocycles. The first kappa shape index (κ1) is 20.2. The highest BCUT2D eigenvalue weighted by Gasteiger charge is 2.27. The Hall–Kier alpha value is -2.58. The van der Waals surface area contributed by atoms with E-state index in [1.165, 1.54) is 23.4 Å². The SMILES string of the molecule is CC(=O)c1ccc[n+]([C@@H](C)C(=O)Nc2ccc(S(=O)(=O)N3CCCC3)cc2)c1. The number of anilines is 1. The highest BCUT2D eigenvalue weighted by molar-refractivity contribution is 7.89. The third-order valence-corrected chi connectivity index (χ3v) is 6.79. The molecule has 0 radical (unpaired) electrons. The molecule has 1 aliphatic heterocycles. The van der Waals surface area contributed by atoms with Crippen LogP contribution < -0.4 is 9.88 Å². The summed E-state index contributed by atoms with van der Waals surface area (Å²) in [6, 6.07) is 9.08. The molecular formula is C20H24N3O4S+. The molecule has 0 bridgehead atoms. The molecule has 1 N–H and O–H groups in total. The molecule has 148 valence electrons. The summed E-state index contributed by atoms with van der Waals surface area (Å²) in [5, 5.41) is 2.78. The number of aromatic nitrogens is 1. The first-order chi connectivity index (χ1) is 13.3. The van der Waals surface area contributed by atoms with E-state index in [0.29, 0.717) is 24.3 Å². The molecule has 1 aromatic heterocycles. The number of amides is 1. The Morgan fingerprint density at radius 2 is 1.75 bits per heavy atom. The molecule has 7 nitrogen and oxygen atoms in total. The van der Waals surface area contributed by atoms with Crippen LogP contribution in [-0.4, -0.2) is 37.5 Å². The van der Waals surface area contributed by atoms with Crippen molar-refractivity contribution in [3.8, 4) is 0 Å². The molecule has 28 heavy (non-hydrogen) atoms. The molecular weight excluding hydrogens is 378 g/mol. The van der Waals surface area contributed by atoms with Crippen LogP contribution in [0.25, 0.3) is 0 Å². The number of rotatable bonds is 6. The maximum absolute atomic E-state index is 12.6. The van der Waals surface area contributed by atoms with E-state index in [1.807, 2.05) is 0 Å². The van der Waals surface area contributed by atoms with E-state index < -0.39 is 16.1 Å². The van der Waals surface area contributed by atoms with Gasteiger partial charge in [-0.25, -0.2) is 8.42 Å². The second kappa shape index (κ2) is 8.20. The number of nitrogens with zero attached hydrogens (tertiary/aromatic N) is 2. The number of Topliss-reactive ketones (excluding diaryl/α,β-unsaturated/α-hetero) is 1. The van der Waals surface area contributed by atoms with Gasteiger partial charge in [0.15, 0.2) is 18.2 Å². The van der Waals surface area contributed by atoms with Crippen molar-refractivity contribution in [2.75, 3.05) is 18.4 Å². The summed E-state index contributed by atoms with van der Waals surface area (Å²) in [6.45, 7) is 4.30. The number of hydrogen-bond donors (Lipinski definition) is 1. The number of carbonyl (C=O) groups excluding carboxylic acids is 2. The quantitative estimate of drug-likeness (QED) is 0.593. The maximum atomic E-state index is 12.6. The number of ketones is 1. The van der Waals surface area contributed by atoms with Crippen LogP contribution >= 0.6 is 0 Å². The molecule has 1 aromatic carbocycles. The van der Waals surface area contributed by atoms with Gasteiger partial charge in [0.1, 0.15) is 0 Å². The molecule has 1 atom stereocenters. The normalized spacial score (nSPS) is 15.9. The number of pyridine rings is 1. The summed E-state index contributed by atoms with van der Waals surface area (Å²) in [5.41, 5.74) is 1.04. The highest BCUT2D eigenvalue weighted by atomic mass is 32.2. The van der Waals surface area contributed by atoms with Crippen LogP contribution in [-0.2, 0) is 14.8 Å². The zero-order valence-corrected chi connectivity index (χ0v) is 16.8. The first-order valence-corrected chi connectivity index (χ1v) is 10.7. The molecule has 1 aliphatic rings. The second-order valence-corrected chi connectivity index (χ2v) is 8.83. The van der Waals surface area contributed by atoms with Gasteiger partial charge in [0.25, 0.3) is 5.91 Å². The largest absolute Gasteiger partial charge is 0.320 e. The lowest BCUT2D eigenvalue weighted by molar-refractivity contribution is -0.705. The fourth-order valence-corrected chi connectivity index (χ4v) is 4.63. The van der Waals surface area contributed by atoms with Crippen LogP contribution in [0.2, 0.25) is 0 Å². The molecule has 0 saturated carbocycles. The van der Waals surface area contributed by atoms with E-state index in [2.05, 4.69) is 5.32 Å². The lowest BCUT2D eigenvalue weighted by Gasteiger charge is -2.16. The van der Waals surface area contributed by atoms with Crippen molar-refractivity contribution in [2.45, 2.75) is 37.6 Å². The molecule has 3 rings (SSSR count). The van der Waals surface area contributed by atoms with Crippen molar-refractivity contribution in [2.24, 2.45) is 0 Å². The Bertz CT molecular complexity index is 981. The van der Waals surface area contributed by atoms with Crippen LogP contribution in [0.15, 0.2) is 53.7 Å². The number of benzene rings is 1. The smallest absolute Gasteiger partial charge is 0.293 e. The summed E-state index contributed by atoms with van der Waals surface area (Å²) in [7, 11) is -3.47. The maximum Gasteiger partial charge on any atom is 0.293 e. The topological polar surface area (TPSA) is 87.4 Å². The monoisotopic (exact) mass is 402 g/mol. The summed E-state index contributed by atoms with van der Waals surface area (Å²) in [6.07, 6.45) is 5.13. The van der Waals surface area contributed by atoms with Gasteiger partial charge in [-0.15, -0.1) is 0 Å². The summed E-state index contributed by atoms with van der Waals surface area (Å²) in [4.78, 5) is 24.3. The van der Waals surface area contributed by atoms with Gasteiger partial charge in [0, 0.05) is 31.8 Å². The average molecular weight is 402 g/mol. The third-order valence-electron chi connectivity index (χ3n) is 4.88. The van der Waals surface area contributed by atoms with Crippen LogP contribution in [0.3, 0.4) is 0 Å². The molecule has 1 fully saturated rings. The summed E-state index contributed by atoms with van der Waals surface area (Å²) in [5.74, 6) is -0.336. The molecule has 0 aliphatic carbocycles. The number of nitrogens with one attached hydrogen (secondary N) is 1. The van der Waals surface area contributed by atoms with Gasteiger partial charge in [-0.05, 0) is 50.1 Å². The fraction of sp³-hybridized carbons (Fsp3) is 0.350. The minimum absolute atomic E-state index is 0.0724. The Kier molecular flexibility index (Phi) is 5.90. The van der Waals surface area contributed by atoms with Crippen LogP contribution in [0.5, 0.6) is 0 Å². The summed E-state index contributed by atoms with van der Waals surface area (Å²) >= 11 is 0. The first-order valence-electron chi connectivity index (χ1n) is 9.22. The zero-order chi connectivity index (χ0) is 20.3. The van der Waals surface area contributed by atoms with E-state index >= 15 is 0 Å². The van der Waals surface area contributed by atoms with Gasteiger partial charge < -0.3 is 5.32 Å². The zero-order valence-electron chi connectivity index (χ0n) is 16.0. The van der Waals surface area contributed by atoms with Gasteiger partial charge in [0.05, 0.1) is 10.5 Å². The molecule has 2 heterocycles. The van der Waals surface area contributed by atoms with Gasteiger partial charge >= 0.3 is 0 Å². The Labute approximate surface area is 165 Å². The van der Waals surface area contributed by atoms with E-state index in [1.54, 1.807) is 48.1 Å². The lowest BCUT2D eigenvalue weighted by Crippen LogP contribution is -2.44. The standard InChI is InChI=1S/C20H23N3O4S/c1-15(22-11-5-6-17(14-22)16(2)24)20(25)21-18-7-9-19(10-8-18)28(26,27)23-12-3-4-13-23/h5-11,14-15H,3-4,12-13H2,1-2H3/p+1/t15-/m0/s1. The molecule has 0 unspecified atom stereocenters. The minimum atomic E-state index is -3.47. The number of hydrogen-bond acceptors (Lipinski definition) is 4. The molecule has 8 heteroatoms. The van der Waals surface area contributed by atoms with E-state index in [9.17, 15) is 18.0 Å². The molecule has 1 amide bonds. The Morgan fingerprint density at radius 1 is 1.11 bits per heavy atom. The van der Waals surface area contributed by atoms with Crippen molar-refractivity contribution in [3.63, 3.8) is 0 Å². The number of carbonyl (C=O) groups is 2. The Balaban J connectivity index is 1.70. The van der Waals surface area contributed by atoms with E-state index in [0.717, 1.165) is 12.8 Å². The number of sulfonamides is 1. The van der Waals surface area contributed by atoms with Crippen LogP contribution in [0.4, 0.5) is 5.69 Å².